The molecule has 1 amide bonds. The van der Waals surface area contributed by atoms with Crippen LogP contribution in [-0.4, -0.2) is 30.1 Å². The van der Waals surface area contributed by atoms with Crippen molar-refractivity contribution in [3.8, 4) is 0 Å². The van der Waals surface area contributed by atoms with Crippen LogP contribution in [0.4, 0.5) is 11.4 Å². The minimum absolute atomic E-state index is 0.0121. The third-order valence-corrected chi connectivity index (χ3v) is 7.23. The Morgan fingerprint density at radius 2 is 1.47 bits per heavy atom. The first-order valence-corrected chi connectivity index (χ1v) is 13.5. The van der Waals surface area contributed by atoms with E-state index in [9.17, 15) is 14.7 Å². The molecule has 1 aliphatic heterocycles. The maximum Gasteiger partial charge on any atom is 0.307 e. The van der Waals surface area contributed by atoms with Gasteiger partial charge in [-0.05, 0) is 48.9 Å². The second-order valence-electron chi connectivity index (χ2n) is 11.1. The number of nitrogens with one attached hydrogen (secondary N) is 1. The summed E-state index contributed by atoms with van der Waals surface area (Å²) in [6, 6.07) is 0. The summed E-state index contributed by atoms with van der Waals surface area (Å²) in [6.07, 6.45) is 14.0. The number of carboxylic acid groups (broad SMARTS) is 1. The van der Waals surface area contributed by atoms with Crippen LogP contribution in [0, 0.1) is 19.3 Å². The fraction of sp³-hybridized carbons (Fsp3) is 0.724. The van der Waals surface area contributed by atoms with Crippen molar-refractivity contribution in [1.29, 1.82) is 0 Å². The van der Waals surface area contributed by atoms with Crippen molar-refractivity contribution in [2.75, 3.05) is 23.3 Å². The zero-order valence-electron chi connectivity index (χ0n) is 22.6. The summed E-state index contributed by atoms with van der Waals surface area (Å²) in [4.78, 5) is 26.9. The first kappa shape index (κ1) is 28.2. The maximum atomic E-state index is 12.9. The van der Waals surface area contributed by atoms with Gasteiger partial charge in [0.2, 0.25) is 5.91 Å². The predicted octanol–water partition coefficient (Wildman–Crippen LogP) is 7.20. The highest BCUT2D eigenvalue weighted by Crippen LogP contribution is 2.43. The molecular weight excluding hydrogens is 424 g/mol. The lowest BCUT2D eigenvalue weighted by atomic mass is 9.90. The molecule has 1 aromatic carbocycles. The Morgan fingerprint density at radius 3 is 2.00 bits per heavy atom. The molecular formula is C29H48N2O3. The molecule has 34 heavy (non-hydrogen) atoms. The molecule has 0 aromatic heterocycles. The highest BCUT2D eigenvalue weighted by Gasteiger charge is 2.31. The van der Waals surface area contributed by atoms with E-state index >= 15 is 0 Å². The van der Waals surface area contributed by atoms with Gasteiger partial charge in [0, 0.05) is 18.5 Å². The molecule has 0 atom stereocenters. The number of hydrogen-bond donors (Lipinski definition) is 2. The van der Waals surface area contributed by atoms with Gasteiger partial charge in [0.1, 0.15) is 0 Å². The van der Waals surface area contributed by atoms with Gasteiger partial charge >= 0.3 is 5.97 Å². The Hall–Kier alpha value is -2.04. The minimum atomic E-state index is -0.834. The molecule has 1 heterocycles. The van der Waals surface area contributed by atoms with Gasteiger partial charge in [-0.1, -0.05) is 85.5 Å². The Labute approximate surface area is 207 Å². The van der Waals surface area contributed by atoms with E-state index in [-0.39, 0.29) is 12.3 Å². The van der Waals surface area contributed by atoms with Crippen LogP contribution in [0.25, 0.3) is 0 Å². The van der Waals surface area contributed by atoms with E-state index in [0.29, 0.717) is 0 Å². The van der Waals surface area contributed by atoms with Crippen LogP contribution in [0.15, 0.2) is 0 Å². The summed E-state index contributed by atoms with van der Waals surface area (Å²) in [5.74, 6) is -0.867. The Bertz CT molecular complexity index is 839. The van der Waals surface area contributed by atoms with Crippen LogP contribution in [-0.2, 0) is 22.4 Å². The van der Waals surface area contributed by atoms with Crippen molar-refractivity contribution < 1.29 is 14.7 Å². The number of nitrogens with zero attached hydrogens (tertiary/aromatic N) is 1. The van der Waals surface area contributed by atoms with Gasteiger partial charge < -0.3 is 15.3 Å². The van der Waals surface area contributed by atoms with Crippen molar-refractivity contribution >= 4 is 23.3 Å². The molecule has 2 N–H and O–H groups in total. The lowest BCUT2D eigenvalue weighted by Gasteiger charge is -2.28. The predicted molar refractivity (Wildman–Crippen MR) is 143 cm³/mol. The molecule has 5 heteroatoms. The zero-order chi connectivity index (χ0) is 25.3. The quantitative estimate of drug-likeness (QED) is 0.281. The van der Waals surface area contributed by atoms with E-state index in [2.05, 4.69) is 17.1 Å². The number of amides is 1. The number of benzene rings is 1. The summed E-state index contributed by atoms with van der Waals surface area (Å²) in [7, 11) is 0. The van der Waals surface area contributed by atoms with E-state index in [1.807, 2.05) is 34.6 Å². The lowest BCUT2D eigenvalue weighted by molar-refractivity contribution is -0.136. The molecule has 1 aromatic rings. The zero-order valence-corrected chi connectivity index (χ0v) is 22.6. The highest BCUT2D eigenvalue weighted by atomic mass is 16.4. The average molecular weight is 473 g/mol. The van der Waals surface area contributed by atoms with Crippen LogP contribution in [0.3, 0.4) is 0 Å². The van der Waals surface area contributed by atoms with Gasteiger partial charge in [-0.2, -0.15) is 0 Å². The fourth-order valence-corrected chi connectivity index (χ4v) is 5.02. The number of carbonyl (C=O) groups is 2. The molecule has 0 unspecified atom stereocenters. The van der Waals surface area contributed by atoms with E-state index in [4.69, 9.17) is 0 Å². The molecule has 0 spiro atoms. The fourth-order valence-electron chi connectivity index (χ4n) is 5.02. The van der Waals surface area contributed by atoms with Crippen LogP contribution < -0.4 is 10.2 Å². The molecule has 0 fully saturated rings. The van der Waals surface area contributed by atoms with Gasteiger partial charge in [-0.25, -0.2) is 0 Å². The summed E-state index contributed by atoms with van der Waals surface area (Å²) in [5.41, 5.74) is 5.45. The number of carbonyl (C=O) groups excluding carboxylic acids is 1. The molecule has 192 valence electrons. The second kappa shape index (κ2) is 13.2. The van der Waals surface area contributed by atoms with Gasteiger partial charge in [0.25, 0.3) is 0 Å². The monoisotopic (exact) mass is 472 g/mol. The van der Waals surface area contributed by atoms with E-state index in [1.54, 1.807) is 0 Å². The van der Waals surface area contributed by atoms with Crippen LogP contribution >= 0.6 is 0 Å². The largest absolute Gasteiger partial charge is 0.481 e. The van der Waals surface area contributed by atoms with E-state index in [1.165, 1.54) is 63.4 Å². The third-order valence-electron chi connectivity index (χ3n) is 7.23. The molecule has 1 aliphatic rings. The molecule has 0 radical (unpaired) electrons. The summed E-state index contributed by atoms with van der Waals surface area (Å²) < 4.78 is 0. The minimum Gasteiger partial charge on any atom is -0.481 e. The van der Waals surface area contributed by atoms with Gasteiger partial charge in [0.15, 0.2) is 0 Å². The lowest BCUT2D eigenvalue weighted by Crippen LogP contribution is -2.30. The van der Waals surface area contributed by atoms with Crippen molar-refractivity contribution in [2.45, 2.75) is 119 Å². The Morgan fingerprint density at radius 1 is 0.912 bits per heavy atom. The van der Waals surface area contributed by atoms with Crippen molar-refractivity contribution in [1.82, 2.24) is 0 Å². The molecule has 0 saturated heterocycles. The van der Waals surface area contributed by atoms with E-state index < -0.39 is 11.4 Å². The normalized spacial score (nSPS) is 13.3. The second-order valence-corrected chi connectivity index (χ2v) is 11.1. The number of anilines is 2. The number of hydrogen-bond acceptors (Lipinski definition) is 3. The Balaban J connectivity index is 2.08. The van der Waals surface area contributed by atoms with Crippen molar-refractivity contribution in [2.24, 2.45) is 5.41 Å². The molecule has 5 nitrogen and oxygen atoms in total. The van der Waals surface area contributed by atoms with Crippen LogP contribution in [0.2, 0.25) is 0 Å². The van der Waals surface area contributed by atoms with Gasteiger partial charge in [-0.15, -0.1) is 0 Å². The molecule has 0 bridgehead atoms. The molecule has 0 saturated carbocycles. The van der Waals surface area contributed by atoms with Crippen molar-refractivity contribution in [3.05, 3.63) is 22.3 Å². The summed E-state index contributed by atoms with van der Waals surface area (Å²) in [6.45, 7) is 13.9. The van der Waals surface area contributed by atoms with Gasteiger partial charge in [-0.3, -0.25) is 9.59 Å². The number of aliphatic carboxylic acids is 1. The summed E-state index contributed by atoms with van der Waals surface area (Å²) >= 11 is 0. The highest BCUT2D eigenvalue weighted by molar-refractivity contribution is 6.00. The summed E-state index contributed by atoms with van der Waals surface area (Å²) in [5, 5.41) is 12.7. The molecule has 2 rings (SSSR count). The third kappa shape index (κ3) is 7.74. The van der Waals surface area contributed by atoms with Gasteiger partial charge in [0.05, 0.1) is 17.8 Å². The standard InChI is InChI=1S/C29H48N2O3/c1-7-8-9-10-11-12-13-14-15-16-18-31-19-17-23-21(2)24(20-25(32)33)22(3)26(27(23)31)30-28(34)29(4,5)6/h7-20H2,1-6H3,(H,30,34)(H,32,33). The Kier molecular flexibility index (Phi) is 10.9. The average Bonchev–Trinajstić information content (AvgIpc) is 3.18. The number of carboxylic acids is 1. The van der Waals surface area contributed by atoms with Crippen molar-refractivity contribution in [3.63, 3.8) is 0 Å². The van der Waals surface area contributed by atoms with E-state index in [0.717, 1.165) is 54.0 Å². The number of unbranched alkanes of at least 4 members (excludes halogenated alkanes) is 9. The molecule has 0 aliphatic carbocycles. The smallest absolute Gasteiger partial charge is 0.307 e. The number of rotatable bonds is 14. The topological polar surface area (TPSA) is 69.6 Å². The van der Waals surface area contributed by atoms with Crippen LogP contribution in [0.5, 0.6) is 0 Å². The SMILES string of the molecule is CCCCCCCCCCCCN1CCc2c(C)c(CC(=O)O)c(C)c(NC(=O)C(C)(C)C)c21. The number of fused-ring (bicyclic) bond motifs is 1. The first-order valence-electron chi connectivity index (χ1n) is 13.5. The van der Waals surface area contributed by atoms with Crippen LogP contribution in [0.1, 0.15) is 114 Å². The maximum absolute atomic E-state index is 12.9. The first-order chi connectivity index (χ1) is 16.1.